The molecule has 2 rings (SSSR count). The molecule has 1 aromatic heterocycles. The molecule has 98 valence electrons. The van der Waals surface area contributed by atoms with Gasteiger partial charge in [-0.15, -0.1) is 0 Å². The van der Waals surface area contributed by atoms with Crippen molar-refractivity contribution >= 4 is 29.1 Å². The van der Waals surface area contributed by atoms with Gasteiger partial charge in [0.25, 0.3) is 0 Å². The van der Waals surface area contributed by atoms with E-state index < -0.39 is 17.6 Å². The predicted molar refractivity (Wildman–Crippen MR) is 65.8 cm³/mol. The molecule has 0 aliphatic heterocycles. The van der Waals surface area contributed by atoms with Crippen LogP contribution in [0.4, 0.5) is 20.3 Å². The van der Waals surface area contributed by atoms with Crippen molar-refractivity contribution in [2.45, 2.75) is 0 Å². The van der Waals surface area contributed by atoms with E-state index in [2.05, 4.69) is 10.3 Å². The highest BCUT2D eigenvalue weighted by atomic mass is 35.5. The number of aromatic carboxylic acids is 1. The topological polar surface area (TPSA) is 62.2 Å². The Balaban J connectivity index is 2.32. The molecule has 0 fully saturated rings. The molecule has 2 aromatic rings. The monoisotopic (exact) mass is 284 g/mol. The number of nitrogens with zero attached hydrogens (tertiary/aromatic N) is 1. The summed E-state index contributed by atoms with van der Waals surface area (Å²) in [5, 5.41) is 11.5. The van der Waals surface area contributed by atoms with E-state index >= 15 is 0 Å². The van der Waals surface area contributed by atoms with Crippen LogP contribution in [0, 0.1) is 11.6 Å². The quantitative estimate of drug-likeness (QED) is 0.847. The summed E-state index contributed by atoms with van der Waals surface area (Å²) in [5.41, 5.74) is 0.162. The normalized spacial score (nSPS) is 10.3. The fourth-order valence-corrected chi connectivity index (χ4v) is 1.61. The average Bonchev–Trinajstić information content (AvgIpc) is 2.33. The summed E-state index contributed by atoms with van der Waals surface area (Å²) >= 11 is 5.67. The van der Waals surface area contributed by atoms with Crippen molar-refractivity contribution in [2.75, 3.05) is 5.32 Å². The first-order valence-corrected chi connectivity index (χ1v) is 5.46. The first-order chi connectivity index (χ1) is 8.95. The lowest BCUT2D eigenvalue weighted by Crippen LogP contribution is -2.01. The maximum atomic E-state index is 13.0. The fourth-order valence-electron chi connectivity index (χ4n) is 1.41. The lowest BCUT2D eigenvalue weighted by molar-refractivity contribution is 0.0697. The molecule has 19 heavy (non-hydrogen) atoms. The Kier molecular flexibility index (Phi) is 3.62. The molecular weight excluding hydrogens is 278 g/mol. The van der Waals surface area contributed by atoms with Gasteiger partial charge < -0.3 is 10.4 Å². The third-order valence-corrected chi connectivity index (χ3v) is 2.43. The highest BCUT2D eigenvalue weighted by Crippen LogP contribution is 2.20. The van der Waals surface area contributed by atoms with Gasteiger partial charge in [0.1, 0.15) is 11.0 Å². The van der Waals surface area contributed by atoms with Crippen LogP contribution in [-0.2, 0) is 0 Å². The zero-order valence-electron chi connectivity index (χ0n) is 9.32. The van der Waals surface area contributed by atoms with Gasteiger partial charge in [-0.2, -0.15) is 0 Å². The molecule has 0 atom stereocenters. The van der Waals surface area contributed by atoms with Gasteiger partial charge in [0.2, 0.25) is 0 Å². The molecule has 0 aliphatic rings. The van der Waals surface area contributed by atoms with E-state index in [0.29, 0.717) is 0 Å². The largest absolute Gasteiger partial charge is 0.478 e. The van der Waals surface area contributed by atoms with Gasteiger partial charge in [-0.25, -0.2) is 18.6 Å². The van der Waals surface area contributed by atoms with Crippen LogP contribution in [0.2, 0.25) is 5.15 Å². The van der Waals surface area contributed by atoms with E-state index in [1.165, 1.54) is 18.2 Å². The number of halogens is 3. The summed E-state index contributed by atoms with van der Waals surface area (Å²) in [7, 11) is 0. The Morgan fingerprint density at radius 1 is 1.21 bits per heavy atom. The SMILES string of the molecule is O=C(O)c1cc(Cl)nc(Nc2ccc(F)c(F)c2)c1. The van der Waals surface area contributed by atoms with Gasteiger partial charge in [-0.3, -0.25) is 0 Å². The van der Waals surface area contributed by atoms with Crippen molar-refractivity contribution in [3.8, 4) is 0 Å². The highest BCUT2D eigenvalue weighted by Gasteiger charge is 2.09. The number of anilines is 2. The number of carbonyl (C=O) groups is 1. The minimum Gasteiger partial charge on any atom is -0.478 e. The Morgan fingerprint density at radius 3 is 2.58 bits per heavy atom. The Labute approximate surface area is 111 Å². The van der Waals surface area contributed by atoms with E-state index in [0.717, 1.165) is 12.1 Å². The fraction of sp³-hybridized carbons (Fsp3) is 0. The third-order valence-electron chi connectivity index (χ3n) is 2.23. The van der Waals surface area contributed by atoms with Crippen LogP contribution in [-0.4, -0.2) is 16.1 Å². The van der Waals surface area contributed by atoms with E-state index in [1.54, 1.807) is 0 Å². The average molecular weight is 285 g/mol. The van der Waals surface area contributed by atoms with Crippen molar-refractivity contribution in [1.82, 2.24) is 4.98 Å². The predicted octanol–water partition coefficient (Wildman–Crippen LogP) is 3.46. The van der Waals surface area contributed by atoms with Crippen LogP contribution in [0.25, 0.3) is 0 Å². The molecule has 0 saturated heterocycles. The molecule has 1 heterocycles. The second kappa shape index (κ2) is 5.19. The summed E-state index contributed by atoms with van der Waals surface area (Å²) in [6.07, 6.45) is 0. The van der Waals surface area contributed by atoms with E-state index in [1.807, 2.05) is 0 Å². The number of carboxylic acids is 1. The number of hydrogen-bond donors (Lipinski definition) is 2. The van der Waals surface area contributed by atoms with Crippen LogP contribution in [0.3, 0.4) is 0 Å². The summed E-state index contributed by atoms with van der Waals surface area (Å²) in [5.74, 6) is -3.05. The van der Waals surface area contributed by atoms with Gasteiger partial charge >= 0.3 is 5.97 Å². The van der Waals surface area contributed by atoms with Crippen molar-refractivity contribution in [3.05, 3.63) is 52.7 Å². The number of carboxylic acid groups (broad SMARTS) is 1. The minimum absolute atomic E-state index is 0.0232. The van der Waals surface area contributed by atoms with E-state index in [9.17, 15) is 13.6 Å². The Hall–Kier alpha value is -2.21. The second-order valence-corrected chi connectivity index (χ2v) is 4.01. The molecule has 0 saturated carbocycles. The lowest BCUT2D eigenvalue weighted by Gasteiger charge is -2.07. The summed E-state index contributed by atoms with van der Waals surface area (Å²) in [6, 6.07) is 5.58. The molecule has 0 bridgehead atoms. The molecule has 7 heteroatoms. The molecule has 0 aliphatic carbocycles. The number of aromatic nitrogens is 1. The Bertz CT molecular complexity index is 650. The maximum Gasteiger partial charge on any atom is 0.335 e. The molecule has 4 nitrogen and oxygen atoms in total. The Morgan fingerprint density at radius 2 is 1.95 bits per heavy atom. The van der Waals surface area contributed by atoms with Crippen molar-refractivity contribution < 1.29 is 18.7 Å². The molecule has 0 spiro atoms. The van der Waals surface area contributed by atoms with Crippen LogP contribution in [0.1, 0.15) is 10.4 Å². The third kappa shape index (κ3) is 3.17. The molecule has 0 unspecified atom stereocenters. The lowest BCUT2D eigenvalue weighted by atomic mass is 10.2. The highest BCUT2D eigenvalue weighted by molar-refractivity contribution is 6.29. The van der Waals surface area contributed by atoms with Gasteiger partial charge in [-0.1, -0.05) is 11.6 Å². The molecule has 1 aromatic carbocycles. The van der Waals surface area contributed by atoms with Crippen molar-refractivity contribution in [1.29, 1.82) is 0 Å². The maximum absolute atomic E-state index is 13.0. The summed E-state index contributed by atoms with van der Waals surface area (Å²) < 4.78 is 25.8. The number of pyridine rings is 1. The van der Waals surface area contributed by atoms with E-state index in [4.69, 9.17) is 16.7 Å². The molecule has 0 radical (unpaired) electrons. The van der Waals surface area contributed by atoms with Crippen LogP contribution < -0.4 is 5.32 Å². The zero-order chi connectivity index (χ0) is 14.0. The standard InChI is InChI=1S/C12H7ClF2N2O2/c13-10-3-6(12(18)19)4-11(17-10)16-7-1-2-8(14)9(15)5-7/h1-5H,(H,16,17)(H,18,19). The van der Waals surface area contributed by atoms with Gasteiger partial charge in [0, 0.05) is 11.8 Å². The molecule has 0 amide bonds. The number of benzene rings is 1. The van der Waals surface area contributed by atoms with Gasteiger partial charge in [0.15, 0.2) is 11.6 Å². The van der Waals surface area contributed by atoms with Crippen LogP contribution in [0.15, 0.2) is 30.3 Å². The van der Waals surface area contributed by atoms with Gasteiger partial charge in [0.05, 0.1) is 5.56 Å². The number of hydrogen-bond acceptors (Lipinski definition) is 3. The van der Waals surface area contributed by atoms with Crippen molar-refractivity contribution in [2.24, 2.45) is 0 Å². The molecule has 2 N–H and O–H groups in total. The van der Waals surface area contributed by atoms with Crippen LogP contribution >= 0.6 is 11.6 Å². The van der Waals surface area contributed by atoms with Gasteiger partial charge in [-0.05, 0) is 24.3 Å². The summed E-state index contributed by atoms with van der Waals surface area (Å²) in [4.78, 5) is 14.7. The number of rotatable bonds is 3. The smallest absolute Gasteiger partial charge is 0.335 e. The summed E-state index contributed by atoms with van der Waals surface area (Å²) in [6.45, 7) is 0. The minimum atomic E-state index is -1.17. The zero-order valence-corrected chi connectivity index (χ0v) is 10.1. The van der Waals surface area contributed by atoms with Crippen molar-refractivity contribution in [3.63, 3.8) is 0 Å². The molecular formula is C12H7ClF2N2O2. The second-order valence-electron chi connectivity index (χ2n) is 3.62. The first-order valence-electron chi connectivity index (χ1n) is 5.08. The number of nitrogens with one attached hydrogen (secondary N) is 1. The van der Waals surface area contributed by atoms with E-state index in [-0.39, 0.29) is 22.2 Å². The first kappa shape index (κ1) is 13.2. The van der Waals surface area contributed by atoms with Crippen LogP contribution in [0.5, 0.6) is 0 Å².